The third-order valence-electron chi connectivity index (χ3n) is 5.94. The van der Waals surface area contributed by atoms with Gasteiger partial charge in [-0.1, -0.05) is 23.7 Å². The maximum Gasteiger partial charge on any atom is 0.238 e. The molecule has 0 bridgehead atoms. The maximum absolute atomic E-state index is 13.2. The molecule has 2 aliphatic rings. The standard InChI is InChI=1S/C22H24ClN3O4S/c23-18-11-14-3-4-15(22(28)20(14)17-7-8-19(27)26-21(17)18)12-25-10-9-13-1-5-16(6-2-13)31(24,29)30/h1-2,5-6,11,15,25H,3-4,7-10,12H2,(H,26,27)(H2,24,29,30). The summed E-state index contributed by atoms with van der Waals surface area (Å²) in [6.45, 7) is 1.23. The quantitative estimate of drug-likeness (QED) is 0.571. The summed E-state index contributed by atoms with van der Waals surface area (Å²) >= 11 is 6.35. The van der Waals surface area contributed by atoms with E-state index in [1.165, 1.54) is 12.1 Å². The van der Waals surface area contributed by atoms with Gasteiger partial charge in [-0.15, -0.1) is 0 Å². The first-order chi connectivity index (χ1) is 14.7. The number of halogens is 1. The lowest BCUT2D eigenvalue weighted by atomic mass is 9.78. The van der Waals surface area contributed by atoms with Crippen LogP contribution in [0.1, 0.15) is 39.9 Å². The van der Waals surface area contributed by atoms with Crippen LogP contribution in [0.4, 0.5) is 5.69 Å². The molecule has 1 heterocycles. The third kappa shape index (κ3) is 4.67. The number of nitrogens with two attached hydrogens (primary N) is 1. The van der Waals surface area contributed by atoms with E-state index in [0.717, 1.165) is 35.1 Å². The number of hydrogen-bond acceptors (Lipinski definition) is 5. The van der Waals surface area contributed by atoms with Crippen LogP contribution in [0.25, 0.3) is 0 Å². The van der Waals surface area contributed by atoms with E-state index < -0.39 is 10.0 Å². The van der Waals surface area contributed by atoms with Crippen molar-refractivity contribution in [2.24, 2.45) is 11.1 Å². The Hall–Kier alpha value is -2.26. The lowest BCUT2D eigenvalue weighted by Crippen LogP contribution is -2.35. The van der Waals surface area contributed by atoms with Crippen LogP contribution in [0.15, 0.2) is 35.2 Å². The minimum Gasteiger partial charge on any atom is -0.325 e. The summed E-state index contributed by atoms with van der Waals surface area (Å²) in [6, 6.07) is 8.30. The van der Waals surface area contributed by atoms with Crippen LogP contribution in [0, 0.1) is 5.92 Å². The van der Waals surface area contributed by atoms with E-state index in [0.29, 0.717) is 43.1 Å². The zero-order chi connectivity index (χ0) is 22.2. The highest BCUT2D eigenvalue weighted by Crippen LogP contribution is 2.39. The average Bonchev–Trinajstić information content (AvgIpc) is 2.72. The molecule has 164 valence electrons. The lowest BCUT2D eigenvalue weighted by molar-refractivity contribution is -0.116. The fourth-order valence-electron chi connectivity index (χ4n) is 4.30. The molecular weight excluding hydrogens is 438 g/mol. The van der Waals surface area contributed by atoms with Crippen LogP contribution in [0.2, 0.25) is 5.02 Å². The number of fused-ring (bicyclic) bond motifs is 3. The second-order valence-electron chi connectivity index (χ2n) is 8.04. The average molecular weight is 462 g/mol. The Morgan fingerprint density at radius 1 is 1.13 bits per heavy atom. The Bertz CT molecular complexity index is 1150. The first-order valence-electron chi connectivity index (χ1n) is 10.2. The lowest BCUT2D eigenvalue weighted by Gasteiger charge is -2.29. The number of Topliss-reactive ketones (excluding diaryl/α,β-unsaturated/α-hetero) is 1. The van der Waals surface area contributed by atoms with Crippen molar-refractivity contribution in [1.82, 2.24) is 5.32 Å². The van der Waals surface area contributed by atoms with Gasteiger partial charge in [-0.25, -0.2) is 13.6 Å². The van der Waals surface area contributed by atoms with E-state index in [-0.39, 0.29) is 22.5 Å². The topological polar surface area (TPSA) is 118 Å². The maximum atomic E-state index is 13.2. The van der Waals surface area contributed by atoms with Crippen LogP contribution in [0.5, 0.6) is 0 Å². The van der Waals surface area contributed by atoms with Crippen molar-refractivity contribution in [3.05, 3.63) is 57.6 Å². The molecule has 1 amide bonds. The molecule has 7 nitrogen and oxygen atoms in total. The van der Waals surface area contributed by atoms with E-state index >= 15 is 0 Å². The normalized spacial score (nSPS) is 18.3. The zero-order valence-corrected chi connectivity index (χ0v) is 18.5. The summed E-state index contributed by atoms with van der Waals surface area (Å²) in [5.74, 6) is -0.0941. The number of carbonyl (C=O) groups is 2. The summed E-state index contributed by atoms with van der Waals surface area (Å²) in [7, 11) is -3.69. The molecule has 1 atom stereocenters. The van der Waals surface area contributed by atoms with Gasteiger partial charge >= 0.3 is 0 Å². The van der Waals surface area contributed by atoms with E-state index in [1.54, 1.807) is 12.1 Å². The number of carbonyl (C=O) groups excluding carboxylic acids is 2. The highest BCUT2D eigenvalue weighted by Gasteiger charge is 2.33. The molecule has 2 aromatic rings. The molecule has 9 heteroatoms. The molecule has 4 N–H and O–H groups in total. The highest BCUT2D eigenvalue weighted by atomic mass is 35.5. The second-order valence-corrected chi connectivity index (χ2v) is 10.0. The number of rotatable bonds is 6. The first kappa shape index (κ1) is 22.0. The number of anilines is 1. The number of amides is 1. The van der Waals surface area contributed by atoms with E-state index in [1.807, 2.05) is 6.07 Å². The SMILES string of the molecule is NS(=O)(=O)c1ccc(CCNCC2CCc3cc(Cl)c4c(c3C2=O)CCC(=O)N4)cc1. The van der Waals surface area contributed by atoms with Gasteiger partial charge in [0.2, 0.25) is 15.9 Å². The van der Waals surface area contributed by atoms with Crippen LogP contribution in [-0.2, 0) is 34.1 Å². The van der Waals surface area contributed by atoms with Crippen molar-refractivity contribution in [2.45, 2.75) is 37.0 Å². The largest absolute Gasteiger partial charge is 0.325 e. The molecule has 0 aromatic heterocycles. The highest BCUT2D eigenvalue weighted by molar-refractivity contribution is 7.89. The van der Waals surface area contributed by atoms with Crippen LogP contribution in [0.3, 0.4) is 0 Å². The number of sulfonamides is 1. The van der Waals surface area contributed by atoms with Crippen molar-refractivity contribution >= 4 is 39.0 Å². The fraction of sp³-hybridized carbons (Fsp3) is 0.364. The number of hydrogen-bond donors (Lipinski definition) is 3. The summed E-state index contributed by atoms with van der Waals surface area (Å²) in [6.07, 6.45) is 3.14. The van der Waals surface area contributed by atoms with E-state index in [9.17, 15) is 18.0 Å². The molecule has 0 saturated carbocycles. The molecule has 31 heavy (non-hydrogen) atoms. The summed E-state index contributed by atoms with van der Waals surface area (Å²) in [4.78, 5) is 25.1. The van der Waals surface area contributed by atoms with Crippen molar-refractivity contribution in [3.63, 3.8) is 0 Å². The van der Waals surface area contributed by atoms with Gasteiger partial charge in [-0.3, -0.25) is 9.59 Å². The Labute approximate surface area is 186 Å². The van der Waals surface area contributed by atoms with E-state index in [4.69, 9.17) is 16.7 Å². The van der Waals surface area contributed by atoms with Crippen molar-refractivity contribution in [3.8, 4) is 0 Å². The summed E-state index contributed by atoms with van der Waals surface area (Å²) in [5.41, 5.74) is 4.14. The molecule has 0 radical (unpaired) electrons. The van der Waals surface area contributed by atoms with Gasteiger partial charge in [0.15, 0.2) is 5.78 Å². The van der Waals surface area contributed by atoms with Gasteiger partial charge < -0.3 is 10.6 Å². The molecule has 0 saturated heterocycles. The van der Waals surface area contributed by atoms with Crippen molar-refractivity contribution < 1.29 is 18.0 Å². The molecular formula is C22H24ClN3O4S. The van der Waals surface area contributed by atoms with E-state index in [2.05, 4.69) is 10.6 Å². The predicted molar refractivity (Wildman–Crippen MR) is 119 cm³/mol. The number of benzene rings is 2. The van der Waals surface area contributed by atoms with Crippen LogP contribution in [-0.4, -0.2) is 33.2 Å². The number of aryl methyl sites for hydroxylation is 1. The monoisotopic (exact) mass is 461 g/mol. The van der Waals surface area contributed by atoms with Crippen molar-refractivity contribution in [1.29, 1.82) is 0 Å². The van der Waals surface area contributed by atoms with Gasteiger partial charge in [-0.05, 0) is 67.1 Å². The van der Waals surface area contributed by atoms with Crippen LogP contribution < -0.4 is 15.8 Å². The molecule has 1 aliphatic heterocycles. The van der Waals surface area contributed by atoms with Gasteiger partial charge in [-0.2, -0.15) is 0 Å². The Balaban J connectivity index is 1.38. The first-order valence-corrected chi connectivity index (χ1v) is 12.2. The molecule has 4 rings (SSSR count). The number of primary sulfonamides is 1. The van der Waals surface area contributed by atoms with Gasteiger partial charge in [0.25, 0.3) is 0 Å². The third-order valence-corrected chi connectivity index (χ3v) is 7.17. The Kier molecular flexibility index (Phi) is 6.16. The molecule has 0 fully saturated rings. The van der Waals surface area contributed by atoms with Gasteiger partial charge in [0.05, 0.1) is 15.6 Å². The summed E-state index contributed by atoms with van der Waals surface area (Å²) in [5, 5.41) is 11.8. The minimum absolute atomic E-state index is 0.0760. The fourth-order valence-corrected chi connectivity index (χ4v) is 5.11. The number of nitrogens with one attached hydrogen (secondary N) is 2. The predicted octanol–water partition coefficient (Wildman–Crippen LogP) is 2.45. The van der Waals surface area contributed by atoms with Gasteiger partial charge in [0.1, 0.15) is 0 Å². The second kappa shape index (κ2) is 8.70. The molecule has 0 spiro atoms. The molecule has 1 aliphatic carbocycles. The molecule has 1 unspecified atom stereocenters. The minimum atomic E-state index is -3.69. The van der Waals surface area contributed by atoms with Crippen LogP contribution >= 0.6 is 11.6 Å². The summed E-state index contributed by atoms with van der Waals surface area (Å²) < 4.78 is 22.7. The zero-order valence-electron chi connectivity index (χ0n) is 16.9. The molecule has 2 aromatic carbocycles. The smallest absolute Gasteiger partial charge is 0.238 e. The Morgan fingerprint density at radius 3 is 2.58 bits per heavy atom. The Morgan fingerprint density at radius 2 is 1.87 bits per heavy atom. The van der Waals surface area contributed by atoms with Gasteiger partial charge in [0, 0.05) is 24.4 Å². The number of ketones is 1. The van der Waals surface area contributed by atoms with Crippen molar-refractivity contribution in [2.75, 3.05) is 18.4 Å².